The molecule has 0 aliphatic carbocycles. The minimum atomic E-state index is -0.487. The molecule has 310 valence electrons. The van der Waals surface area contributed by atoms with Crippen molar-refractivity contribution in [1.82, 2.24) is 0 Å². The maximum absolute atomic E-state index is 11.8. The van der Waals surface area contributed by atoms with Crippen LogP contribution >= 0.6 is 0 Å². The molecule has 9 aromatic rings. The molecule has 9 rings (SSSR count). The zero-order chi connectivity index (χ0) is 44.0. The summed E-state index contributed by atoms with van der Waals surface area (Å²) in [5, 5.41) is 4.80. The van der Waals surface area contributed by atoms with Crippen molar-refractivity contribution in [2.75, 3.05) is 9.80 Å². The van der Waals surface area contributed by atoms with E-state index in [1.54, 1.807) is 12.1 Å². The monoisotopic (exact) mass is 828 g/mol. The van der Waals surface area contributed by atoms with Crippen molar-refractivity contribution in [2.24, 2.45) is 0 Å². The minimum Gasteiger partial charge on any atom is -0.423 e. The van der Waals surface area contributed by atoms with Crippen molar-refractivity contribution >= 4 is 85.9 Å². The SMILES string of the molecule is C=CC(=O)Oc1ccc(N(c2ccc(C)cc2)c2ccc(C=Cc3c4ccccc4c(C=Cc4ccc(N(c5ccc(C)cc5)c5ccc(C)cc5)cc4)c4ccccc34)cc2)cc1. The molecule has 0 saturated heterocycles. The van der Waals surface area contributed by atoms with Crippen LogP contribution in [-0.2, 0) is 4.79 Å². The van der Waals surface area contributed by atoms with Gasteiger partial charge in [-0.15, -0.1) is 0 Å². The second kappa shape index (κ2) is 18.4. The predicted octanol–water partition coefficient (Wildman–Crippen LogP) is 16.3. The number of rotatable bonds is 12. The molecule has 0 aliphatic heterocycles. The van der Waals surface area contributed by atoms with Gasteiger partial charge in [-0.2, -0.15) is 0 Å². The number of fused-ring (bicyclic) bond motifs is 2. The molecule has 0 aromatic heterocycles. The van der Waals surface area contributed by atoms with Crippen molar-refractivity contribution < 1.29 is 9.53 Å². The Balaban J connectivity index is 1.02. The summed E-state index contributed by atoms with van der Waals surface area (Å²) in [6, 6.07) is 68.2. The summed E-state index contributed by atoms with van der Waals surface area (Å²) in [5.74, 6) is -0.0220. The number of carbonyl (C=O) groups is 1. The van der Waals surface area contributed by atoms with E-state index in [9.17, 15) is 4.79 Å². The number of benzene rings is 9. The van der Waals surface area contributed by atoms with Crippen LogP contribution < -0.4 is 14.5 Å². The quantitative estimate of drug-likeness (QED) is 0.0404. The highest BCUT2D eigenvalue weighted by Crippen LogP contribution is 2.39. The van der Waals surface area contributed by atoms with Crippen LogP contribution in [0, 0.1) is 20.8 Å². The van der Waals surface area contributed by atoms with Crippen LogP contribution in [0.2, 0.25) is 0 Å². The lowest BCUT2D eigenvalue weighted by molar-refractivity contribution is -0.128. The Morgan fingerprint density at radius 3 is 0.969 bits per heavy atom. The third-order valence-electron chi connectivity index (χ3n) is 11.6. The molecule has 0 heterocycles. The Hall–Kier alpha value is -8.21. The van der Waals surface area contributed by atoms with Crippen molar-refractivity contribution in [2.45, 2.75) is 20.8 Å². The van der Waals surface area contributed by atoms with Crippen LogP contribution in [0.15, 0.2) is 207 Å². The average molecular weight is 829 g/mol. The summed E-state index contributed by atoms with van der Waals surface area (Å²) in [4.78, 5) is 16.3. The normalized spacial score (nSPS) is 11.4. The molecule has 0 atom stereocenters. The highest BCUT2D eigenvalue weighted by Gasteiger charge is 2.15. The predicted molar refractivity (Wildman–Crippen MR) is 272 cm³/mol. The lowest BCUT2D eigenvalue weighted by Crippen LogP contribution is -2.10. The molecule has 0 radical (unpaired) electrons. The summed E-state index contributed by atoms with van der Waals surface area (Å²) in [7, 11) is 0. The Morgan fingerprint density at radius 1 is 0.391 bits per heavy atom. The van der Waals surface area contributed by atoms with Gasteiger partial charge in [-0.05, 0) is 149 Å². The average Bonchev–Trinajstić information content (AvgIpc) is 3.33. The number of nitrogens with zero attached hydrogens (tertiary/aromatic N) is 2. The second-order valence-electron chi connectivity index (χ2n) is 16.1. The van der Waals surface area contributed by atoms with Crippen LogP contribution in [0.3, 0.4) is 0 Å². The Kier molecular flexibility index (Phi) is 11.8. The highest BCUT2D eigenvalue weighted by atomic mass is 16.5. The van der Waals surface area contributed by atoms with E-state index in [0.717, 1.165) is 51.3 Å². The summed E-state index contributed by atoms with van der Waals surface area (Å²) < 4.78 is 5.35. The summed E-state index contributed by atoms with van der Waals surface area (Å²) in [5.41, 5.74) is 14.6. The molecule has 0 fully saturated rings. The maximum atomic E-state index is 11.8. The van der Waals surface area contributed by atoms with Crippen molar-refractivity contribution in [3.63, 3.8) is 0 Å². The fourth-order valence-corrected chi connectivity index (χ4v) is 8.18. The van der Waals surface area contributed by atoms with Gasteiger partial charge in [0, 0.05) is 40.2 Å². The Labute approximate surface area is 376 Å². The van der Waals surface area contributed by atoms with Gasteiger partial charge < -0.3 is 14.5 Å². The van der Waals surface area contributed by atoms with E-state index < -0.39 is 5.97 Å². The number of hydrogen-bond donors (Lipinski definition) is 0. The van der Waals surface area contributed by atoms with Gasteiger partial charge in [0.1, 0.15) is 5.75 Å². The number of aryl methyl sites for hydroxylation is 3. The van der Waals surface area contributed by atoms with Crippen LogP contribution in [-0.4, -0.2) is 5.97 Å². The number of hydrogen-bond acceptors (Lipinski definition) is 4. The number of carbonyl (C=O) groups excluding carboxylic acids is 1. The third-order valence-corrected chi connectivity index (χ3v) is 11.6. The minimum absolute atomic E-state index is 0.465. The zero-order valence-electron chi connectivity index (χ0n) is 36.3. The van der Waals surface area contributed by atoms with Gasteiger partial charge in [0.15, 0.2) is 0 Å². The smallest absolute Gasteiger partial charge is 0.335 e. The number of anilines is 6. The Morgan fingerprint density at radius 2 is 0.672 bits per heavy atom. The van der Waals surface area contributed by atoms with E-state index in [-0.39, 0.29) is 0 Å². The molecule has 0 bridgehead atoms. The molecule has 4 heteroatoms. The third kappa shape index (κ3) is 8.90. The first-order valence-electron chi connectivity index (χ1n) is 21.6. The van der Waals surface area contributed by atoms with Crippen LogP contribution in [0.25, 0.3) is 45.8 Å². The van der Waals surface area contributed by atoms with Crippen LogP contribution in [0.1, 0.15) is 38.9 Å². The molecule has 0 spiro atoms. The highest BCUT2D eigenvalue weighted by molar-refractivity contribution is 6.14. The molecule has 9 aromatic carbocycles. The molecule has 0 unspecified atom stereocenters. The molecule has 0 amide bonds. The molecular weight excluding hydrogens is 781 g/mol. The van der Waals surface area contributed by atoms with Gasteiger partial charge in [0.25, 0.3) is 0 Å². The second-order valence-corrected chi connectivity index (χ2v) is 16.1. The molecule has 0 N–H and O–H groups in total. The Bertz CT molecular complexity index is 3040. The summed E-state index contributed by atoms with van der Waals surface area (Å²) in [6.07, 6.45) is 10.1. The van der Waals surface area contributed by atoms with E-state index in [1.165, 1.54) is 49.4 Å². The van der Waals surface area contributed by atoms with Crippen LogP contribution in [0.5, 0.6) is 5.75 Å². The number of ether oxygens (including phenoxy) is 1. The van der Waals surface area contributed by atoms with E-state index in [1.807, 2.05) is 12.1 Å². The van der Waals surface area contributed by atoms with E-state index in [2.05, 4.69) is 231 Å². The topological polar surface area (TPSA) is 32.8 Å². The van der Waals surface area contributed by atoms with Crippen molar-refractivity contribution in [3.8, 4) is 5.75 Å². The summed E-state index contributed by atoms with van der Waals surface area (Å²) in [6.45, 7) is 9.83. The summed E-state index contributed by atoms with van der Waals surface area (Å²) >= 11 is 0. The molecule has 64 heavy (non-hydrogen) atoms. The first-order chi connectivity index (χ1) is 31.3. The molecule has 0 saturated carbocycles. The van der Waals surface area contributed by atoms with E-state index >= 15 is 0 Å². The van der Waals surface area contributed by atoms with Gasteiger partial charge in [-0.3, -0.25) is 0 Å². The van der Waals surface area contributed by atoms with Gasteiger partial charge in [0.05, 0.1) is 0 Å². The van der Waals surface area contributed by atoms with E-state index in [4.69, 9.17) is 4.74 Å². The van der Waals surface area contributed by atoms with Crippen LogP contribution in [0.4, 0.5) is 34.1 Å². The molecule has 0 aliphatic rings. The fourth-order valence-electron chi connectivity index (χ4n) is 8.18. The first kappa shape index (κ1) is 41.2. The van der Waals surface area contributed by atoms with Gasteiger partial charge >= 0.3 is 5.97 Å². The van der Waals surface area contributed by atoms with E-state index in [0.29, 0.717) is 5.75 Å². The maximum Gasteiger partial charge on any atom is 0.335 e. The first-order valence-corrected chi connectivity index (χ1v) is 21.6. The van der Waals surface area contributed by atoms with Gasteiger partial charge in [-0.1, -0.05) is 157 Å². The van der Waals surface area contributed by atoms with Gasteiger partial charge in [0.2, 0.25) is 0 Å². The zero-order valence-corrected chi connectivity index (χ0v) is 36.3. The number of esters is 1. The van der Waals surface area contributed by atoms with Crippen molar-refractivity contribution in [1.29, 1.82) is 0 Å². The lowest BCUT2D eigenvalue weighted by Gasteiger charge is -2.26. The molecule has 4 nitrogen and oxygen atoms in total. The standard InChI is InChI=1S/C60H48N2O2/c1-5-60(63)64-53-38-36-52(37-39-53)62(49-30-18-44(4)19-31-49)51-34-22-46(23-35-51)25-41-59-56-12-8-6-10-54(56)58(55-11-7-9-13-57(55)59)40-24-45-20-32-50(33-21-45)61(47-26-14-42(2)15-27-47)48-28-16-43(3)17-29-48/h5-41H,1H2,2-4H3. The van der Waals surface area contributed by atoms with Crippen molar-refractivity contribution in [3.05, 3.63) is 246 Å². The molecular formula is C60H48N2O2. The lowest BCUT2D eigenvalue weighted by atomic mass is 9.91. The van der Waals surface area contributed by atoms with Gasteiger partial charge in [-0.25, -0.2) is 4.79 Å². The largest absolute Gasteiger partial charge is 0.423 e. The fraction of sp³-hybridized carbons (Fsp3) is 0.0500.